The first-order valence-corrected chi connectivity index (χ1v) is 8.66. The number of benzene rings is 2. The molecule has 146 valence electrons. The summed E-state index contributed by atoms with van der Waals surface area (Å²) < 4.78 is 0. The van der Waals surface area contributed by atoms with Crippen molar-refractivity contribution < 1.29 is 9.59 Å². The number of rotatable bonds is 8. The minimum Gasteiger partial charge on any atom is -0.355 e. The van der Waals surface area contributed by atoms with Crippen molar-refractivity contribution in [2.45, 2.75) is 25.7 Å². The average molecular weight is 410 g/mol. The summed E-state index contributed by atoms with van der Waals surface area (Å²) in [5.41, 5.74) is 14.2. The Morgan fingerprint density at radius 3 is 1.52 bits per heavy atom. The molecule has 0 saturated carbocycles. The molecule has 5 nitrogen and oxygen atoms in total. The van der Waals surface area contributed by atoms with Gasteiger partial charge in [0.1, 0.15) is 0 Å². The molecule has 0 fully saturated rings. The zero-order valence-corrected chi connectivity index (χ0v) is 16.6. The van der Waals surface area contributed by atoms with Gasteiger partial charge in [-0.05, 0) is 62.3 Å². The van der Waals surface area contributed by atoms with E-state index in [1.54, 1.807) is 0 Å². The lowest BCUT2D eigenvalue weighted by Gasteiger charge is -2.02. The van der Waals surface area contributed by atoms with E-state index in [0.717, 1.165) is 21.8 Å². The molecule has 3 rings (SSSR count). The van der Waals surface area contributed by atoms with Gasteiger partial charge in [-0.2, -0.15) is 0 Å². The van der Waals surface area contributed by atoms with Crippen LogP contribution in [-0.2, 0) is 0 Å². The van der Waals surface area contributed by atoms with Gasteiger partial charge >= 0.3 is 0 Å². The molecule has 0 aliphatic heterocycles. The molecule has 0 atom stereocenters. The van der Waals surface area contributed by atoms with Gasteiger partial charge in [-0.15, -0.1) is 24.8 Å². The van der Waals surface area contributed by atoms with E-state index in [4.69, 9.17) is 11.5 Å². The highest BCUT2D eigenvalue weighted by molar-refractivity contribution is 6.12. The van der Waals surface area contributed by atoms with Crippen LogP contribution in [0.2, 0.25) is 0 Å². The number of aromatic amines is 1. The van der Waals surface area contributed by atoms with E-state index < -0.39 is 0 Å². The van der Waals surface area contributed by atoms with Crippen molar-refractivity contribution >= 4 is 58.2 Å². The first-order chi connectivity index (χ1) is 12.1. The largest absolute Gasteiger partial charge is 0.355 e. The second kappa shape index (κ2) is 10.4. The van der Waals surface area contributed by atoms with Crippen LogP contribution in [0.15, 0.2) is 36.4 Å². The fourth-order valence-corrected chi connectivity index (χ4v) is 3.06. The first-order valence-electron chi connectivity index (χ1n) is 8.66. The minimum absolute atomic E-state index is 0. The lowest BCUT2D eigenvalue weighted by molar-refractivity contribution is 0.0973. The van der Waals surface area contributed by atoms with E-state index in [0.29, 0.717) is 49.9 Å². The van der Waals surface area contributed by atoms with E-state index >= 15 is 0 Å². The number of nitrogens with two attached hydrogens (primary N) is 2. The average Bonchev–Trinajstić information content (AvgIpc) is 3.01. The van der Waals surface area contributed by atoms with Crippen LogP contribution in [0.25, 0.3) is 21.8 Å². The molecule has 5 N–H and O–H groups in total. The SMILES string of the molecule is Cl.Cl.NCCCC(=O)c1ccc2[nH]c3ccc(C(=O)CCCN)cc3c2c1. The molecule has 3 aromatic rings. The molecular formula is C20H25Cl2N3O2. The summed E-state index contributed by atoms with van der Waals surface area (Å²) in [5.74, 6) is 0.189. The molecule has 0 aliphatic rings. The highest BCUT2D eigenvalue weighted by atomic mass is 35.5. The van der Waals surface area contributed by atoms with Crippen LogP contribution in [-0.4, -0.2) is 29.6 Å². The number of carbonyl (C=O) groups excluding carboxylic acids is 2. The van der Waals surface area contributed by atoms with E-state index in [2.05, 4.69) is 4.98 Å². The fraction of sp³-hybridized carbons (Fsp3) is 0.300. The van der Waals surface area contributed by atoms with Gasteiger partial charge in [-0.25, -0.2) is 0 Å². The number of ketones is 2. The Labute approximate surface area is 170 Å². The summed E-state index contributed by atoms with van der Waals surface area (Å²) in [6.45, 7) is 1.02. The van der Waals surface area contributed by atoms with Crippen molar-refractivity contribution in [2.75, 3.05) is 13.1 Å². The first kappa shape index (κ1) is 23.1. The Morgan fingerprint density at radius 1 is 0.741 bits per heavy atom. The Morgan fingerprint density at radius 2 is 1.15 bits per heavy atom. The Hall–Kier alpha value is -1.92. The summed E-state index contributed by atoms with van der Waals surface area (Å²) in [4.78, 5) is 27.9. The van der Waals surface area contributed by atoms with Crippen molar-refractivity contribution in [2.24, 2.45) is 11.5 Å². The van der Waals surface area contributed by atoms with Crippen molar-refractivity contribution in [3.05, 3.63) is 47.5 Å². The molecule has 0 radical (unpaired) electrons. The third kappa shape index (κ3) is 5.08. The van der Waals surface area contributed by atoms with Crippen molar-refractivity contribution in [1.29, 1.82) is 0 Å². The molecule has 27 heavy (non-hydrogen) atoms. The molecule has 0 amide bonds. The Balaban J connectivity index is 0.00000182. The van der Waals surface area contributed by atoms with Gasteiger partial charge in [-0.1, -0.05) is 0 Å². The van der Waals surface area contributed by atoms with E-state index in [-0.39, 0.29) is 36.4 Å². The normalized spacial score (nSPS) is 10.4. The predicted octanol–water partition coefficient (Wildman–Crippen LogP) is 4.01. The quantitative estimate of drug-likeness (QED) is 0.489. The number of carbonyl (C=O) groups is 2. The number of Topliss-reactive ketones (excluding diaryl/α,β-unsaturated/α-hetero) is 2. The van der Waals surface area contributed by atoms with Gasteiger partial charge in [0, 0.05) is 45.8 Å². The summed E-state index contributed by atoms with van der Waals surface area (Å²) in [7, 11) is 0. The maximum atomic E-state index is 12.3. The zero-order valence-electron chi connectivity index (χ0n) is 15.0. The lowest BCUT2D eigenvalue weighted by atomic mass is 10.0. The molecule has 1 heterocycles. The van der Waals surface area contributed by atoms with E-state index in [1.807, 2.05) is 36.4 Å². The molecule has 2 aromatic carbocycles. The summed E-state index contributed by atoms with van der Waals surface area (Å²) >= 11 is 0. The van der Waals surface area contributed by atoms with Gasteiger partial charge in [-0.3, -0.25) is 9.59 Å². The van der Waals surface area contributed by atoms with E-state index in [1.165, 1.54) is 0 Å². The third-order valence-corrected chi connectivity index (χ3v) is 4.46. The van der Waals surface area contributed by atoms with Gasteiger partial charge < -0.3 is 16.5 Å². The molecule has 7 heteroatoms. The minimum atomic E-state index is 0. The van der Waals surface area contributed by atoms with Crippen molar-refractivity contribution in [3.8, 4) is 0 Å². The number of fused-ring (bicyclic) bond motifs is 3. The van der Waals surface area contributed by atoms with Crippen LogP contribution in [0.4, 0.5) is 0 Å². The monoisotopic (exact) mass is 409 g/mol. The van der Waals surface area contributed by atoms with Crippen LogP contribution in [0.3, 0.4) is 0 Å². The highest BCUT2D eigenvalue weighted by Gasteiger charge is 2.12. The summed E-state index contributed by atoms with van der Waals surface area (Å²) in [6.07, 6.45) is 2.27. The molecule has 1 aromatic heterocycles. The number of hydrogen-bond donors (Lipinski definition) is 3. The van der Waals surface area contributed by atoms with Gasteiger partial charge in [0.15, 0.2) is 11.6 Å². The van der Waals surface area contributed by atoms with Crippen LogP contribution in [0.1, 0.15) is 46.4 Å². The number of aromatic nitrogens is 1. The standard InChI is InChI=1S/C20H23N3O2.2ClH/c21-9-1-3-19(24)13-5-7-17-15(11-13)16-12-14(6-8-18(16)23-17)20(25)4-2-10-22;;/h5-8,11-12,23H,1-4,9-10,21-22H2;2*1H. The topological polar surface area (TPSA) is 102 Å². The maximum Gasteiger partial charge on any atom is 0.162 e. The van der Waals surface area contributed by atoms with Gasteiger partial charge in [0.25, 0.3) is 0 Å². The lowest BCUT2D eigenvalue weighted by Crippen LogP contribution is -2.05. The highest BCUT2D eigenvalue weighted by Crippen LogP contribution is 2.28. The van der Waals surface area contributed by atoms with Gasteiger partial charge in [0.2, 0.25) is 0 Å². The zero-order chi connectivity index (χ0) is 17.8. The Bertz CT molecular complexity index is 863. The maximum absolute atomic E-state index is 12.3. The van der Waals surface area contributed by atoms with Crippen LogP contribution < -0.4 is 11.5 Å². The van der Waals surface area contributed by atoms with Crippen LogP contribution in [0, 0.1) is 0 Å². The van der Waals surface area contributed by atoms with Crippen LogP contribution >= 0.6 is 24.8 Å². The Kier molecular flexibility index (Phi) is 8.93. The number of hydrogen-bond acceptors (Lipinski definition) is 4. The number of H-pyrrole nitrogens is 1. The summed E-state index contributed by atoms with van der Waals surface area (Å²) in [6, 6.07) is 11.3. The smallest absolute Gasteiger partial charge is 0.162 e. The summed E-state index contributed by atoms with van der Waals surface area (Å²) in [5, 5.41) is 1.92. The molecule has 0 bridgehead atoms. The predicted molar refractivity (Wildman–Crippen MR) is 116 cm³/mol. The molecular weight excluding hydrogens is 385 g/mol. The number of halogens is 2. The van der Waals surface area contributed by atoms with E-state index in [9.17, 15) is 9.59 Å². The van der Waals surface area contributed by atoms with Gasteiger partial charge in [0.05, 0.1) is 0 Å². The second-order valence-corrected chi connectivity index (χ2v) is 6.28. The van der Waals surface area contributed by atoms with Crippen molar-refractivity contribution in [1.82, 2.24) is 4.98 Å². The molecule has 0 saturated heterocycles. The number of nitrogens with one attached hydrogen (secondary N) is 1. The fourth-order valence-electron chi connectivity index (χ4n) is 3.06. The third-order valence-electron chi connectivity index (χ3n) is 4.46. The molecule has 0 aliphatic carbocycles. The van der Waals surface area contributed by atoms with Crippen molar-refractivity contribution in [3.63, 3.8) is 0 Å². The van der Waals surface area contributed by atoms with Crippen LogP contribution in [0.5, 0.6) is 0 Å². The molecule has 0 spiro atoms. The molecule has 0 unspecified atom stereocenters. The second-order valence-electron chi connectivity index (χ2n) is 6.28.